The molecule has 2 aromatic rings. The predicted octanol–water partition coefficient (Wildman–Crippen LogP) is 4.85. The molecule has 13 heteroatoms. The van der Waals surface area contributed by atoms with Crippen molar-refractivity contribution in [1.82, 2.24) is 5.32 Å². The van der Waals surface area contributed by atoms with E-state index in [-0.39, 0.29) is 34.8 Å². The van der Waals surface area contributed by atoms with Crippen LogP contribution in [0.1, 0.15) is 62.8 Å². The molecule has 2 aromatic carbocycles. The van der Waals surface area contributed by atoms with Gasteiger partial charge in [-0.15, -0.1) is 0 Å². The molecule has 2 fully saturated rings. The van der Waals surface area contributed by atoms with Crippen LogP contribution in [0.4, 0.5) is 17.6 Å². The second kappa shape index (κ2) is 8.38. The predicted molar refractivity (Wildman–Crippen MR) is 126 cm³/mol. The number of Topliss-reactive ketones (excluding diaryl/α,β-unsaturated/α-hetero) is 1. The fourth-order valence-corrected chi connectivity index (χ4v) is 5.75. The van der Waals surface area contributed by atoms with Crippen LogP contribution in [0.15, 0.2) is 29.4 Å². The van der Waals surface area contributed by atoms with Gasteiger partial charge in [0.15, 0.2) is 17.5 Å². The Labute approximate surface area is 222 Å². The molecule has 1 saturated carbocycles. The van der Waals surface area contributed by atoms with Crippen molar-refractivity contribution in [2.75, 3.05) is 13.1 Å². The molecule has 200 valence electrons. The van der Waals surface area contributed by atoms with E-state index < -0.39 is 69.7 Å². The lowest BCUT2D eigenvalue weighted by atomic mass is 9.79. The zero-order chi connectivity index (χ0) is 27.2. The third kappa shape index (κ3) is 3.90. The Hall–Kier alpha value is -2.73. The van der Waals surface area contributed by atoms with Crippen LogP contribution in [0.25, 0.3) is 0 Å². The zero-order valence-electron chi connectivity index (χ0n) is 19.3. The molecule has 0 bridgehead atoms. The van der Waals surface area contributed by atoms with E-state index in [0.717, 1.165) is 12.1 Å². The molecular formula is C25H18Cl2F4N2O5. The van der Waals surface area contributed by atoms with Crippen molar-refractivity contribution in [3.63, 3.8) is 0 Å². The number of rotatable bonds is 5. The van der Waals surface area contributed by atoms with Crippen LogP contribution in [-0.4, -0.2) is 47.4 Å². The highest BCUT2D eigenvalue weighted by molar-refractivity contribution is 6.34. The normalized spacial score (nSPS) is 24.4. The highest BCUT2D eigenvalue weighted by Gasteiger charge is 2.57. The number of hydrogen-bond donors (Lipinski definition) is 2. The molecule has 2 atom stereocenters. The number of fused-ring (bicyclic) bond motifs is 2. The standard InChI is InChI=1S/C25H18Cl2F4N2O5/c26-10-5-12(19(28)14(27)6-10)21-18(25(29,30)31)20(33-38-21)11-1-2-13-17(22(35)37-24(13)8-32-9-24)16(11)15(34)7-23(36)3-4-23/h1-2,5-6,18,21,32,36H,3-4,7-9H2. The van der Waals surface area contributed by atoms with E-state index in [2.05, 4.69) is 10.5 Å². The smallest absolute Gasteiger partial charge is 0.401 e. The topological polar surface area (TPSA) is 97.2 Å². The van der Waals surface area contributed by atoms with Crippen LogP contribution < -0.4 is 5.32 Å². The number of oxime groups is 1. The summed E-state index contributed by atoms with van der Waals surface area (Å²) in [5.41, 5.74) is -4.05. The highest BCUT2D eigenvalue weighted by Crippen LogP contribution is 2.49. The molecule has 6 rings (SSSR count). The molecular weight excluding hydrogens is 555 g/mol. The molecule has 0 aromatic heterocycles. The zero-order valence-corrected chi connectivity index (χ0v) is 20.8. The van der Waals surface area contributed by atoms with Gasteiger partial charge < -0.3 is 20.0 Å². The van der Waals surface area contributed by atoms with E-state index in [0.29, 0.717) is 18.4 Å². The van der Waals surface area contributed by atoms with Crippen LogP contribution >= 0.6 is 23.2 Å². The monoisotopic (exact) mass is 572 g/mol. The molecule has 0 radical (unpaired) electrons. The lowest BCUT2D eigenvalue weighted by Gasteiger charge is -2.38. The quantitative estimate of drug-likeness (QED) is 0.230. The van der Waals surface area contributed by atoms with Gasteiger partial charge in [-0.1, -0.05) is 40.5 Å². The minimum absolute atomic E-state index is 0.113. The van der Waals surface area contributed by atoms with Gasteiger partial charge in [0.2, 0.25) is 0 Å². The molecule has 3 heterocycles. The first-order valence-electron chi connectivity index (χ1n) is 11.7. The molecule has 3 aliphatic heterocycles. The molecule has 1 spiro atoms. The highest BCUT2D eigenvalue weighted by atomic mass is 35.5. The van der Waals surface area contributed by atoms with Crippen LogP contribution in [0, 0.1) is 11.7 Å². The van der Waals surface area contributed by atoms with Gasteiger partial charge in [-0.2, -0.15) is 13.2 Å². The molecule has 4 aliphatic rings. The molecule has 1 aliphatic carbocycles. The minimum atomic E-state index is -5.02. The van der Waals surface area contributed by atoms with Gasteiger partial charge in [-0.05, 0) is 25.0 Å². The van der Waals surface area contributed by atoms with Crippen LogP contribution in [-0.2, 0) is 15.2 Å². The van der Waals surface area contributed by atoms with E-state index in [1.807, 2.05) is 0 Å². The number of carbonyl (C=O) groups excluding carboxylic acids is 2. The van der Waals surface area contributed by atoms with Crippen molar-refractivity contribution in [2.45, 2.75) is 42.7 Å². The third-order valence-corrected chi connectivity index (χ3v) is 7.92. The molecule has 0 amide bonds. The number of hydrogen-bond acceptors (Lipinski definition) is 7. The van der Waals surface area contributed by atoms with Gasteiger partial charge >= 0.3 is 12.1 Å². The number of alkyl halides is 3. The summed E-state index contributed by atoms with van der Waals surface area (Å²) in [6.07, 6.45) is -6.74. The summed E-state index contributed by atoms with van der Waals surface area (Å²) in [6, 6.07) is 4.69. The summed E-state index contributed by atoms with van der Waals surface area (Å²) >= 11 is 11.7. The Morgan fingerprint density at radius 3 is 2.53 bits per heavy atom. The summed E-state index contributed by atoms with van der Waals surface area (Å²) in [5.74, 6) is -5.28. The fraction of sp³-hybridized carbons (Fsp3) is 0.400. The van der Waals surface area contributed by atoms with Crippen molar-refractivity contribution >= 4 is 40.7 Å². The van der Waals surface area contributed by atoms with Gasteiger partial charge in [-0.3, -0.25) is 4.79 Å². The van der Waals surface area contributed by atoms with Gasteiger partial charge in [0.25, 0.3) is 0 Å². The number of halogens is 6. The Morgan fingerprint density at radius 1 is 1.21 bits per heavy atom. The Bertz CT molecular complexity index is 1440. The molecule has 2 unspecified atom stereocenters. The minimum Gasteiger partial charge on any atom is -0.448 e. The Kier molecular flexibility index (Phi) is 5.63. The van der Waals surface area contributed by atoms with Crippen LogP contribution in [0.2, 0.25) is 10.0 Å². The number of benzene rings is 2. The van der Waals surface area contributed by atoms with Crippen LogP contribution in [0.5, 0.6) is 0 Å². The summed E-state index contributed by atoms with van der Waals surface area (Å²) < 4.78 is 64.0. The number of esters is 1. The van der Waals surface area contributed by atoms with Crippen LogP contribution in [0.3, 0.4) is 0 Å². The second-order valence-corrected chi connectivity index (χ2v) is 10.9. The Balaban J connectivity index is 1.51. The molecule has 38 heavy (non-hydrogen) atoms. The van der Waals surface area contributed by atoms with E-state index >= 15 is 0 Å². The lowest BCUT2D eigenvalue weighted by molar-refractivity contribution is -0.178. The van der Waals surface area contributed by atoms with Gasteiger partial charge in [0, 0.05) is 46.8 Å². The van der Waals surface area contributed by atoms with Gasteiger partial charge in [0.05, 0.1) is 16.2 Å². The number of aliphatic hydroxyl groups is 1. The average Bonchev–Trinajstić information content (AvgIpc) is 3.24. The first kappa shape index (κ1) is 25.5. The van der Waals surface area contributed by atoms with Crippen molar-refractivity contribution in [3.8, 4) is 0 Å². The number of ketones is 1. The molecule has 1 saturated heterocycles. The summed E-state index contributed by atoms with van der Waals surface area (Å²) in [7, 11) is 0. The van der Waals surface area contributed by atoms with E-state index in [4.69, 9.17) is 32.8 Å². The lowest BCUT2D eigenvalue weighted by Crippen LogP contribution is -2.57. The summed E-state index contributed by atoms with van der Waals surface area (Å²) in [6.45, 7) is 0.545. The van der Waals surface area contributed by atoms with E-state index in [1.165, 1.54) is 12.1 Å². The van der Waals surface area contributed by atoms with Crippen molar-refractivity contribution in [3.05, 3.63) is 67.9 Å². The largest absolute Gasteiger partial charge is 0.448 e. The Morgan fingerprint density at radius 2 is 1.92 bits per heavy atom. The maximum absolute atomic E-state index is 14.8. The number of nitrogens with zero attached hydrogens (tertiary/aromatic N) is 1. The SMILES string of the molecule is O=C(CC1(O)CC1)c1c(C2=NOC(c3cc(Cl)cc(Cl)c3F)C2C(F)(F)F)ccc2c1C(=O)OC21CNC1. The first-order chi connectivity index (χ1) is 17.8. The van der Waals surface area contributed by atoms with Crippen molar-refractivity contribution in [2.24, 2.45) is 11.1 Å². The maximum Gasteiger partial charge on any atom is 0.401 e. The average molecular weight is 573 g/mol. The van der Waals surface area contributed by atoms with Gasteiger partial charge in [0.1, 0.15) is 17.4 Å². The van der Waals surface area contributed by atoms with E-state index in [9.17, 15) is 32.3 Å². The summed E-state index contributed by atoms with van der Waals surface area (Å²) in [4.78, 5) is 31.6. The number of carbonyl (C=O) groups is 2. The summed E-state index contributed by atoms with van der Waals surface area (Å²) in [5, 5.41) is 16.4. The van der Waals surface area contributed by atoms with Gasteiger partial charge in [-0.25, -0.2) is 9.18 Å². The van der Waals surface area contributed by atoms with Crippen molar-refractivity contribution in [1.29, 1.82) is 0 Å². The maximum atomic E-state index is 14.8. The third-order valence-electron chi connectivity index (χ3n) is 7.42. The van der Waals surface area contributed by atoms with Crippen molar-refractivity contribution < 1.29 is 41.8 Å². The molecule has 7 nitrogen and oxygen atoms in total. The number of ether oxygens (including phenoxy) is 1. The fourth-order valence-electron chi connectivity index (χ4n) is 5.24. The number of nitrogens with one attached hydrogen (secondary N) is 1. The second-order valence-electron chi connectivity index (χ2n) is 10.0. The van der Waals surface area contributed by atoms with E-state index in [1.54, 1.807) is 0 Å². The first-order valence-corrected chi connectivity index (χ1v) is 12.4. The molecule has 2 N–H and O–H groups in total.